The number of hydrogen-bond donors (Lipinski definition) is 1. The van der Waals surface area contributed by atoms with Crippen molar-refractivity contribution in [1.29, 1.82) is 0 Å². The molecule has 1 fully saturated rings. The van der Waals surface area contributed by atoms with Crippen molar-refractivity contribution in [3.8, 4) is 11.5 Å². The number of ether oxygens (including phenoxy) is 2. The fourth-order valence-corrected chi connectivity index (χ4v) is 2.53. The maximum absolute atomic E-state index is 11.9. The minimum Gasteiger partial charge on any atom is -0.493 e. The van der Waals surface area contributed by atoms with E-state index in [1.807, 2.05) is 23.1 Å². The van der Waals surface area contributed by atoms with E-state index in [0.29, 0.717) is 0 Å². The van der Waals surface area contributed by atoms with E-state index in [4.69, 9.17) is 9.47 Å². The van der Waals surface area contributed by atoms with E-state index in [0.717, 1.165) is 56.3 Å². The van der Waals surface area contributed by atoms with Crippen LogP contribution in [-0.2, 0) is 0 Å². The van der Waals surface area contributed by atoms with Gasteiger partial charge in [-0.3, -0.25) is 0 Å². The van der Waals surface area contributed by atoms with Crippen LogP contribution in [0.25, 0.3) is 0 Å². The molecular weight excluding hydrogens is 282 g/mol. The summed E-state index contributed by atoms with van der Waals surface area (Å²) in [4.78, 5) is 16.1. The largest absolute Gasteiger partial charge is 0.493 e. The second-order valence-electron chi connectivity index (χ2n) is 5.25. The molecule has 0 unspecified atom stereocenters. The van der Waals surface area contributed by atoms with Crippen molar-refractivity contribution in [1.82, 2.24) is 10.2 Å². The van der Waals surface area contributed by atoms with Crippen molar-refractivity contribution < 1.29 is 14.3 Å². The van der Waals surface area contributed by atoms with Crippen molar-refractivity contribution in [2.45, 2.75) is 13.3 Å². The third kappa shape index (κ3) is 3.75. The molecule has 2 amide bonds. The molecule has 0 aliphatic carbocycles. The molecule has 0 spiro atoms. The van der Waals surface area contributed by atoms with Crippen LogP contribution in [0, 0.1) is 0 Å². The molecule has 1 heterocycles. The zero-order valence-electron chi connectivity index (χ0n) is 13.6. The molecule has 1 N–H and O–H groups in total. The smallest absolute Gasteiger partial charge is 0.317 e. The molecule has 122 valence electrons. The monoisotopic (exact) mass is 307 g/mol. The van der Waals surface area contributed by atoms with Gasteiger partial charge in [-0.25, -0.2) is 4.79 Å². The lowest BCUT2D eigenvalue weighted by molar-refractivity contribution is 0.194. The molecule has 6 heteroatoms. The Balaban J connectivity index is 1.95. The van der Waals surface area contributed by atoms with Crippen molar-refractivity contribution in [2.24, 2.45) is 0 Å². The Morgan fingerprint density at radius 2 is 1.82 bits per heavy atom. The number of urea groups is 1. The number of methoxy groups -OCH3 is 2. The summed E-state index contributed by atoms with van der Waals surface area (Å²) < 4.78 is 10.6. The van der Waals surface area contributed by atoms with Crippen LogP contribution in [-0.4, -0.2) is 57.9 Å². The molecule has 0 aromatic heterocycles. The summed E-state index contributed by atoms with van der Waals surface area (Å²) in [6.07, 6.45) is 0.956. The normalized spacial score (nSPS) is 14.7. The first-order chi connectivity index (χ1) is 10.7. The predicted octanol–water partition coefficient (Wildman–Crippen LogP) is 1.95. The zero-order valence-corrected chi connectivity index (χ0v) is 13.6. The number of hydrogen-bond acceptors (Lipinski definition) is 4. The number of carbonyl (C=O) groups is 1. The number of nitrogens with one attached hydrogen (secondary N) is 1. The minimum absolute atomic E-state index is 0.0359. The van der Waals surface area contributed by atoms with E-state index in [2.05, 4.69) is 17.1 Å². The molecular formula is C16H25N3O3. The van der Waals surface area contributed by atoms with Gasteiger partial charge in [0.2, 0.25) is 0 Å². The first-order valence-electron chi connectivity index (χ1n) is 7.69. The highest BCUT2D eigenvalue weighted by Crippen LogP contribution is 2.31. The van der Waals surface area contributed by atoms with Gasteiger partial charge in [-0.1, -0.05) is 6.92 Å². The molecule has 0 radical (unpaired) electrons. The van der Waals surface area contributed by atoms with Crippen LogP contribution >= 0.6 is 0 Å². The lowest BCUT2D eigenvalue weighted by Gasteiger charge is -2.36. The van der Waals surface area contributed by atoms with Crippen LogP contribution in [0.15, 0.2) is 18.2 Å². The molecule has 0 saturated carbocycles. The van der Waals surface area contributed by atoms with Gasteiger partial charge in [-0.15, -0.1) is 0 Å². The molecule has 0 bridgehead atoms. The predicted molar refractivity (Wildman–Crippen MR) is 87.0 cm³/mol. The first-order valence-corrected chi connectivity index (χ1v) is 7.69. The molecule has 1 saturated heterocycles. The molecule has 1 aromatic carbocycles. The summed E-state index contributed by atoms with van der Waals surface area (Å²) in [5, 5.41) is 2.92. The first kappa shape index (κ1) is 16.3. The second-order valence-corrected chi connectivity index (χ2v) is 5.25. The number of amides is 2. The van der Waals surface area contributed by atoms with E-state index in [1.54, 1.807) is 14.2 Å². The highest BCUT2D eigenvalue weighted by molar-refractivity contribution is 5.74. The van der Waals surface area contributed by atoms with Gasteiger partial charge in [0.1, 0.15) is 0 Å². The van der Waals surface area contributed by atoms with E-state index in [9.17, 15) is 4.79 Å². The maximum atomic E-state index is 11.9. The molecule has 1 aliphatic rings. The number of piperazine rings is 1. The maximum Gasteiger partial charge on any atom is 0.317 e. The summed E-state index contributed by atoms with van der Waals surface area (Å²) >= 11 is 0. The summed E-state index contributed by atoms with van der Waals surface area (Å²) in [5.41, 5.74) is 1.09. The number of benzene rings is 1. The number of nitrogens with zero attached hydrogens (tertiary/aromatic N) is 2. The topological polar surface area (TPSA) is 54.0 Å². The van der Waals surface area contributed by atoms with Gasteiger partial charge in [-0.2, -0.15) is 0 Å². The molecule has 6 nitrogen and oxygen atoms in total. The minimum atomic E-state index is 0.0359. The molecule has 2 rings (SSSR count). The average molecular weight is 307 g/mol. The lowest BCUT2D eigenvalue weighted by Crippen LogP contribution is -2.52. The van der Waals surface area contributed by atoms with Gasteiger partial charge in [0, 0.05) is 44.5 Å². The van der Waals surface area contributed by atoms with Crippen LogP contribution in [0.3, 0.4) is 0 Å². The quantitative estimate of drug-likeness (QED) is 0.903. The standard InChI is InChI=1S/C16H25N3O3/c1-4-7-17-16(20)19-10-8-18(9-11-19)13-5-6-14(21-2)15(12-13)22-3/h5-6,12H,4,7-11H2,1-3H3,(H,17,20). The molecule has 22 heavy (non-hydrogen) atoms. The third-order valence-electron chi connectivity index (χ3n) is 3.83. The Morgan fingerprint density at radius 3 is 2.41 bits per heavy atom. The molecule has 0 atom stereocenters. The van der Waals surface area contributed by atoms with E-state index in [-0.39, 0.29) is 6.03 Å². The molecule has 1 aromatic rings. The van der Waals surface area contributed by atoms with Gasteiger partial charge >= 0.3 is 6.03 Å². The van der Waals surface area contributed by atoms with Crippen molar-refractivity contribution in [3.05, 3.63) is 18.2 Å². The van der Waals surface area contributed by atoms with Crippen LogP contribution in [0.1, 0.15) is 13.3 Å². The summed E-state index contributed by atoms with van der Waals surface area (Å²) in [6, 6.07) is 5.95. The van der Waals surface area contributed by atoms with Gasteiger partial charge in [0.05, 0.1) is 14.2 Å². The van der Waals surface area contributed by atoms with E-state index in [1.165, 1.54) is 0 Å². The zero-order chi connectivity index (χ0) is 15.9. The number of rotatable bonds is 5. The van der Waals surface area contributed by atoms with E-state index >= 15 is 0 Å². The summed E-state index contributed by atoms with van der Waals surface area (Å²) in [7, 11) is 3.27. The summed E-state index contributed by atoms with van der Waals surface area (Å²) in [5.74, 6) is 1.45. The Labute approximate surface area is 132 Å². The van der Waals surface area contributed by atoms with Crippen LogP contribution < -0.4 is 19.7 Å². The Morgan fingerprint density at radius 1 is 1.14 bits per heavy atom. The molecule has 1 aliphatic heterocycles. The Kier molecular flexibility index (Phi) is 5.75. The van der Waals surface area contributed by atoms with Crippen molar-refractivity contribution in [3.63, 3.8) is 0 Å². The number of anilines is 1. The average Bonchev–Trinajstić information content (AvgIpc) is 2.59. The fraction of sp³-hybridized carbons (Fsp3) is 0.562. The third-order valence-corrected chi connectivity index (χ3v) is 3.83. The van der Waals surface area contributed by atoms with Gasteiger partial charge in [0.15, 0.2) is 11.5 Å². The van der Waals surface area contributed by atoms with Gasteiger partial charge < -0.3 is 24.6 Å². The van der Waals surface area contributed by atoms with Gasteiger partial charge in [0.25, 0.3) is 0 Å². The fourth-order valence-electron chi connectivity index (χ4n) is 2.53. The van der Waals surface area contributed by atoms with Crippen molar-refractivity contribution in [2.75, 3.05) is 51.8 Å². The number of carbonyl (C=O) groups excluding carboxylic acids is 1. The van der Waals surface area contributed by atoms with Gasteiger partial charge in [-0.05, 0) is 18.6 Å². The van der Waals surface area contributed by atoms with Crippen molar-refractivity contribution >= 4 is 11.7 Å². The Bertz CT molecular complexity index is 499. The highest BCUT2D eigenvalue weighted by Gasteiger charge is 2.21. The SMILES string of the molecule is CCCNC(=O)N1CCN(c2ccc(OC)c(OC)c2)CC1. The van der Waals surface area contributed by atoms with Crippen LogP contribution in [0.2, 0.25) is 0 Å². The Hall–Kier alpha value is -2.11. The highest BCUT2D eigenvalue weighted by atomic mass is 16.5. The van der Waals surface area contributed by atoms with Crippen LogP contribution in [0.5, 0.6) is 11.5 Å². The second kappa shape index (κ2) is 7.77. The van der Waals surface area contributed by atoms with E-state index < -0.39 is 0 Å². The summed E-state index contributed by atoms with van der Waals surface area (Å²) in [6.45, 7) is 5.86. The van der Waals surface area contributed by atoms with Crippen LogP contribution in [0.4, 0.5) is 10.5 Å². The lowest BCUT2D eigenvalue weighted by atomic mass is 10.2.